The summed E-state index contributed by atoms with van der Waals surface area (Å²) in [5, 5.41) is 0. The van der Waals surface area contributed by atoms with Crippen LogP contribution in [0.2, 0.25) is 0 Å². The van der Waals surface area contributed by atoms with E-state index in [1.165, 1.54) is 4.90 Å². The minimum absolute atomic E-state index is 0.0967. The molecule has 0 N–H and O–H groups in total. The first-order chi connectivity index (χ1) is 15.6. The molecule has 0 spiro atoms. The van der Waals surface area contributed by atoms with Crippen molar-refractivity contribution in [1.29, 1.82) is 0 Å². The molecule has 3 amide bonds. The number of carbonyl (C=O) groups excluding carboxylic acids is 3. The minimum Gasteiger partial charge on any atom is -0.444 e. The van der Waals surface area contributed by atoms with Gasteiger partial charge in [-0.05, 0) is 51.3 Å². The van der Waals surface area contributed by atoms with Gasteiger partial charge in [0.2, 0.25) is 5.91 Å². The van der Waals surface area contributed by atoms with Crippen LogP contribution in [0.4, 0.5) is 4.79 Å². The van der Waals surface area contributed by atoms with Gasteiger partial charge in [0.05, 0.1) is 5.41 Å². The molecule has 2 aromatic rings. The van der Waals surface area contributed by atoms with Gasteiger partial charge < -0.3 is 9.64 Å². The molecule has 0 bridgehead atoms. The van der Waals surface area contributed by atoms with Crippen molar-refractivity contribution in [3.8, 4) is 0 Å². The Morgan fingerprint density at radius 1 is 1.03 bits per heavy atom. The number of ether oxygens (including phenoxy) is 1. The lowest BCUT2D eigenvalue weighted by molar-refractivity contribution is -0.138. The first-order valence-corrected chi connectivity index (χ1v) is 11.2. The number of allylic oxidation sites excluding steroid dienone is 1. The van der Waals surface area contributed by atoms with Gasteiger partial charge in [-0.25, -0.2) is 4.79 Å². The lowest BCUT2D eigenvalue weighted by atomic mass is 9.77. The van der Waals surface area contributed by atoms with Gasteiger partial charge in [-0.2, -0.15) is 0 Å². The molecule has 1 fully saturated rings. The third kappa shape index (κ3) is 5.89. The summed E-state index contributed by atoms with van der Waals surface area (Å²) in [4.78, 5) is 43.2. The van der Waals surface area contributed by atoms with Crippen molar-refractivity contribution in [2.75, 3.05) is 19.6 Å². The highest BCUT2D eigenvalue weighted by Crippen LogP contribution is 2.35. The summed E-state index contributed by atoms with van der Waals surface area (Å²) in [7, 11) is 0. The molecule has 3 rings (SSSR count). The number of hydrogen-bond donors (Lipinski definition) is 0. The zero-order valence-corrected chi connectivity index (χ0v) is 19.6. The highest BCUT2D eigenvalue weighted by molar-refractivity contribution is 6.06. The van der Waals surface area contributed by atoms with E-state index >= 15 is 0 Å². The smallest absolute Gasteiger partial charge is 0.410 e. The molecule has 0 aliphatic carbocycles. The van der Waals surface area contributed by atoms with Crippen LogP contribution in [0.5, 0.6) is 0 Å². The summed E-state index contributed by atoms with van der Waals surface area (Å²) >= 11 is 0. The highest BCUT2D eigenvalue weighted by atomic mass is 16.6. The standard InChI is InChI=1S/C27H32N2O4/c1-5-16-27(19-21-12-8-6-9-13-21)20-28(25(32)33-26(2,3)4)17-18-29(24(27)31)23(30)22-14-10-7-11-15-22/h5-15H,1,16-20H2,2-4H3/t27-/m0/s1. The van der Waals surface area contributed by atoms with Crippen LogP contribution in [0.25, 0.3) is 0 Å². The Balaban J connectivity index is 2.03. The number of rotatable bonds is 5. The second-order valence-corrected chi connectivity index (χ2v) is 9.47. The molecule has 2 aromatic carbocycles. The molecule has 1 saturated heterocycles. The van der Waals surface area contributed by atoms with Gasteiger partial charge in [-0.3, -0.25) is 14.5 Å². The molecule has 0 aromatic heterocycles. The summed E-state index contributed by atoms with van der Waals surface area (Å²) in [5.74, 6) is -0.667. The quantitative estimate of drug-likeness (QED) is 0.491. The van der Waals surface area contributed by atoms with E-state index in [1.54, 1.807) is 56.0 Å². The summed E-state index contributed by atoms with van der Waals surface area (Å²) in [6, 6.07) is 18.4. The first kappa shape index (κ1) is 24.2. The Morgan fingerprint density at radius 2 is 1.64 bits per heavy atom. The van der Waals surface area contributed by atoms with Crippen LogP contribution in [0.15, 0.2) is 73.3 Å². The van der Waals surface area contributed by atoms with Gasteiger partial charge in [0.1, 0.15) is 5.60 Å². The van der Waals surface area contributed by atoms with Crippen LogP contribution in [-0.4, -0.2) is 52.9 Å². The maximum atomic E-state index is 14.0. The van der Waals surface area contributed by atoms with Crippen molar-refractivity contribution < 1.29 is 19.1 Å². The Hall–Kier alpha value is -3.41. The van der Waals surface area contributed by atoms with Crippen molar-refractivity contribution >= 4 is 17.9 Å². The third-order valence-corrected chi connectivity index (χ3v) is 5.62. The van der Waals surface area contributed by atoms with E-state index in [0.29, 0.717) is 18.4 Å². The average Bonchev–Trinajstić information content (AvgIpc) is 2.91. The van der Waals surface area contributed by atoms with Crippen LogP contribution >= 0.6 is 0 Å². The second-order valence-electron chi connectivity index (χ2n) is 9.47. The van der Waals surface area contributed by atoms with Gasteiger partial charge in [0.25, 0.3) is 5.91 Å². The zero-order chi connectivity index (χ0) is 24.1. The third-order valence-electron chi connectivity index (χ3n) is 5.62. The predicted octanol–water partition coefficient (Wildman–Crippen LogP) is 4.71. The lowest BCUT2D eigenvalue weighted by Crippen LogP contribution is -2.50. The molecule has 1 atom stereocenters. The Kier molecular flexibility index (Phi) is 7.36. The van der Waals surface area contributed by atoms with Crippen molar-refractivity contribution in [2.45, 2.75) is 39.2 Å². The van der Waals surface area contributed by atoms with E-state index in [2.05, 4.69) is 6.58 Å². The van der Waals surface area contributed by atoms with E-state index in [-0.39, 0.29) is 31.4 Å². The van der Waals surface area contributed by atoms with Gasteiger partial charge >= 0.3 is 6.09 Å². The molecule has 0 saturated carbocycles. The maximum Gasteiger partial charge on any atom is 0.410 e. The van der Waals surface area contributed by atoms with Gasteiger partial charge in [-0.1, -0.05) is 54.6 Å². The van der Waals surface area contributed by atoms with Crippen LogP contribution in [0.1, 0.15) is 43.1 Å². The molecular formula is C27H32N2O4. The van der Waals surface area contributed by atoms with Crippen LogP contribution in [0, 0.1) is 5.41 Å². The zero-order valence-electron chi connectivity index (χ0n) is 19.6. The molecule has 174 valence electrons. The van der Waals surface area contributed by atoms with E-state index < -0.39 is 17.1 Å². The van der Waals surface area contributed by atoms with Gasteiger partial charge in [0, 0.05) is 25.2 Å². The summed E-state index contributed by atoms with van der Waals surface area (Å²) in [5.41, 5.74) is -0.330. The fraction of sp³-hybridized carbons (Fsp3) is 0.370. The Labute approximate surface area is 195 Å². The monoisotopic (exact) mass is 448 g/mol. The maximum absolute atomic E-state index is 14.0. The SMILES string of the molecule is C=CC[C@]1(Cc2ccccc2)CN(C(=O)OC(C)(C)C)CCN(C(=O)c2ccccc2)C1=O. The van der Waals surface area contributed by atoms with Crippen LogP contribution in [-0.2, 0) is 16.0 Å². The molecule has 33 heavy (non-hydrogen) atoms. The molecule has 0 unspecified atom stereocenters. The number of nitrogens with zero attached hydrogens (tertiary/aromatic N) is 2. The Bertz CT molecular complexity index is 998. The van der Waals surface area contributed by atoms with Crippen molar-refractivity contribution in [1.82, 2.24) is 9.80 Å². The van der Waals surface area contributed by atoms with Gasteiger partial charge in [-0.15, -0.1) is 6.58 Å². The molecular weight excluding hydrogens is 416 g/mol. The number of carbonyl (C=O) groups is 3. The number of amides is 3. The number of imide groups is 1. The summed E-state index contributed by atoms with van der Waals surface area (Å²) < 4.78 is 5.62. The van der Waals surface area contributed by atoms with E-state index in [4.69, 9.17) is 4.74 Å². The molecule has 6 nitrogen and oxygen atoms in total. The van der Waals surface area contributed by atoms with Gasteiger partial charge in [0.15, 0.2) is 0 Å². The normalized spacial score (nSPS) is 19.1. The Morgan fingerprint density at radius 3 is 2.21 bits per heavy atom. The van der Waals surface area contributed by atoms with Crippen molar-refractivity contribution in [3.05, 3.63) is 84.4 Å². The van der Waals surface area contributed by atoms with Crippen LogP contribution < -0.4 is 0 Å². The summed E-state index contributed by atoms with van der Waals surface area (Å²) in [6.45, 7) is 9.73. The molecule has 1 aliphatic rings. The fourth-order valence-electron chi connectivity index (χ4n) is 4.15. The molecule has 1 heterocycles. The predicted molar refractivity (Wildman–Crippen MR) is 128 cm³/mol. The van der Waals surface area contributed by atoms with E-state index in [0.717, 1.165) is 5.56 Å². The molecule has 1 aliphatic heterocycles. The van der Waals surface area contributed by atoms with Crippen LogP contribution in [0.3, 0.4) is 0 Å². The van der Waals surface area contributed by atoms with E-state index in [9.17, 15) is 14.4 Å². The topological polar surface area (TPSA) is 66.9 Å². The van der Waals surface area contributed by atoms with Crippen molar-refractivity contribution in [3.63, 3.8) is 0 Å². The number of benzene rings is 2. The fourth-order valence-corrected chi connectivity index (χ4v) is 4.15. The number of hydrogen-bond acceptors (Lipinski definition) is 4. The average molecular weight is 449 g/mol. The highest BCUT2D eigenvalue weighted by Gasteiger charge is 2.47. The minimum atomic E-state index is -1.04. The summed E-state index contributed by atoms with van der Waals surface area (Å²) in [6.07, 6.45) is 1.88. The first-order valence-electron chi connectivity index (χ1n) is 11.2. The molecule has 0 radical (unpaired) electrons. The molecule has 6 heteroatoms. The van der Waals surface area contributed by atoms with Crippen molar-refractivity contribution in [2.24, 2.45) is 5.41 Å². The second kappa shape index (κ2) is 10.0. The largest absolute Gasteiger partial charge is 0.444 e. The lowest BCUT2D eigenvalue weighted by Gasteiger charge is -2.36. The van der Waals surface area contributed by atoms with E-state index in [1.807, 2.05) is 36.4 Å².